The molecule has 1 aliphatic rings. The number of benzene rings is 1. The van der Waals surface area contributed by atoms with Crippen molar-refractivity contribution in [2.75, 3.05) is 33.2 Å². The van der Waals surface area contributed by atoms with E-state index in [0.29, 0.717) is 18.9 Å². The van der Waals surface area contributed by atoms with Gasteiger partial charge in [-0.2, -0.15) is 0 Å². The van der Waals surface area contributed by atoms with Gasteiger partial charge in [-0.05, 0) is 30.7 Å². The fourth-order valence-corrected chi connectivity index (χ4v) is 3.05. The number of piperidine rings is 1. The van der Waals surface area contributed by atoms with Crippen molar-refractivity contribution in [1.82, 2.24) is 15.5 Å². The maximum absolute atomic E-state index is 12.2. The van der Waals surface area contributed by atoms with Crippen molar-refractivity contribution in [3.05, 3.63) is 35.9 Å². The summed E-state index contributed by atoms with van der Waals surface area (Å²) >= 11 is 0. The van der Waals surface area contributed by atoms with Gasteiger partial charge in [0.25, 0.3) is 0 Å². The fourth-order valence-electron chi connectivity index (χ4n) is 3.05. The molecule has 0 radical (unpaired) electrons. The van der Waals surface area contributed by atoms with Crippen LogP contribution in [0.4, 0.5) is 0 Å². The van der Waals surface area contributed by atoms with E-state index in [4.69, 9.17) is 0 Å². The number of rotatable bonds is 6. The molecule has 0 saturated carbocycles. The molecular weight excluding hydrogens is 427 g/mol. The van der Waals surface area contributed by atoms with Crippen LogP contribution in [0.3, 0.4) is 0 Å². The summed E-state index contributed by atoms with van der Waals surface area (Å²) in [5.74, 6) is 1.63. The summed E-state index contributed by atoms with van der Waals surface area (Å²) in [6.45, 7) is 5.47. The third-order valence-corrected chi connectivity index (χ3v) is 4.41. The number of nitrogens with one attached hydrogen (secondary N) is 2. The summed E-state index contributed by atoms with van der Waals surface area (Å²) in [5, 5.41) is 6.52. The van der Waals surface area contributed by atoms with Gasteiger partial charge in [0, 0.05) is 39.6 Å². The van der Waals surface area contributed by atoms with Gasteiger partial charge in [-0.1, -0.05) is 37.3 Å². The van der Waals surface area contributed by atoms with E-state index >= 15 is 0 Å². The lowest BCUT2D eigenvalue weighted by Crippen LogP contribution is -2.42. The number of guanidine groups is 1. The van der Waals surface area contributed by atoms with Crippen molar-refractivity contribution < 1.29 is 4.79 Å². The second kappa shape index (κ2) is 12.1. The Morgan fingerprint density at radius 1 is 1.24 bits per heavy atom. The van der Waals surface area contributed by atoms with Crippen LogP contribution in [-0.4, -0.2) is 50.0 Å². The summed E-state index contributed by atoms with van der Waals surface area (Å²) in [6, 6.07) is 10.4. The predicted octanol–water partition coefficient (Wildman–Crippen LogP) is 2.66. The lowest BCUT2D eigenvalue weighted by Gasteiger charge is -2.31. The van der Waals surface area contributed by atoms with Crippen LogP contribution in [0.15, 0.2) is 35.3 Å². The van der Waals surface area contributed by atoms with Crippen LogP contribution in [0.2, 0.25) is 0 Å². The molecule has 25 heavy (non-hydrogen) atoms. The van der Waals surface area contributed by atoms with Crippen molar-refractivity contribution in [2.45, 2.75) is 32.6 Å². The molecule has 1 fully saturated rings. The van der Waals surface area contributed by atoms with Crippen LogP contribution in [0, 0.1) is 5.92 Å². The highest BCUT2D eigenvalue weighted by Crippen LogP contribution is 2.15. The molecule has 140 valence electrons. The van der Waals surface area contributed by atoms with Gasteiger partial charge in [0.05, 0.1) is 0 Å². The quantitative estimate of drug-likeness (QED) is 0.392. The highest BCUT2D eigenvalue weighted by molar-refractivity contribution is 14.0. The van der Waals surface area contributed by atoms with E-state index in [9.17, 15) is 4.79 Å². The van der Waals surface area contributed by atoms with Gasteiger partial charge in [-0.3, -0.25) is 9.79 Å². The first-order valence-electron chi connectivity index (χ1n) is 8.95. The molecular formula is C19H31IN4O. The van der Waals surface area contributed by atoms with Crippen LogP contribution in [0.1, 0.15) is 31.7 Å². The zero-order chi connectivity index (χ0) is 17.2. The molecule has 1 saturated heterocycles. The number of halogens is 1. The number of carbonyl (C=O) groups is 1. The summed E-state index contributed by atoms with van der Waals surface area (Å²) in [5.41, 5.74) is 1.30. The van der Waals surface area contributed by atoms with Crippen molar-refractivity contribution in [2.24, 2.45) is 10.9 Å². The van der Waals surface area contributed by atoms with Crippen molar-refractivity contribution in [1.29, 1.82) is 0 Å². The van der Waals surface area contributed by atoms with E-state index in [2.05, 4.69) is 46.8 Å². The van der Waals surface area contributed by atoms with E-state index in [-0.39, 0.29) is 29.9 Å². The molecule has 1 unspecified atom stereocenters. The maximum Gasteiger partial charge on any atom is 0.224 e. The standard InChI is InChI=1S/C19H30N4O.HI/c1-16-7-6-14-23(15-16)18(24)11-13-22-19(20-2)21-12-10-17-8-4-3-5-9-17;/h3-5,8-9,16H,6-7,10-15H2,1-2H3,(H2,20,21,22);1H. The Morgan fingerprint density at radius 2 is 1.96 bits per heavy atom. The SMILES string of the molecule is CN=C(NCCC(=O)N1CCCC(C)C1)NCCc1ccccc1.I. The van der Waals surface area contributed by atoms with E-state index < -0.39 is 0 Å². The number of hydrogen-bond acceptors (Lipinski definition) is 2. The zero-order valence-corrected chi connectivity index (χ0v) is 17.7. The summed E-state index contributed by atoms with van der Waals surface area (Å²) in [6.07, 6.45) is 3.83. The van der Waals surface area contributed by atoms with Gasteiger partial charge in [0.2, 0.25) is 5.91 Å². The predicted molar refractivity (Wildman–Crippen MR) is 115 cm³/mol. The van der Waals surface area contributed by atoms with Crippen LogP contribution >= 0.6 is 24.0 Å². The normalized spacial score (nSPS) is 17.6. The van der Waals surface area contributed by atoms with Gasteiger partial charge in [-0.15, -0.1) is 24.0 Å². The van der Waals surface area contributed by atoms with Crippen LogP contribution < -0.4 is 10.6 Å². The minimum absolute atomic E-state index is 0. The largest absolute Gasteiger partial charge is 0.356 e. The van der Waals surface area contributed by atoms with E-state index in [1.54, 1.807) is 7.05 Å². The number of amides is 1. The Bertz CT molecular complexity index is 535. The molecule has 2 N–H and O–H groups in total. The Hall–Kier alpha value is -1.31. The third-order valence-electron chi connectivity index (χ3n) is 4.41. The van der Waals surface area contributed by atoms with Gasteiger partial charge >= 0.3 is 0 Å². The average molecular weight is 458 g/mol. The van der Waals surface area contributed by atoms with Gasteiger partial charge in [-0.25, -0.2) is 0 Å². The van der Waals surface area contributed by atoms with Crippen LogP contribution in [0.25, 0.3) is 0 Å². The molecule has 1 aliphatic heterocycles. The fraction of sp³-hybridized carbons (Fsp3) is 0.579. The summed E-state index contributed by atoms with van der Waals surface area (Å²) < 4.78 is 0. The monoisotopic (exact) mass is 458 g/mol. The highest BCUT2D eigenvalue weighted by Gasteiger charge is 2.20. The van der Waals surface area contributed by atoms with Crippen molar-refractivity contribution in [3.8, 4) is 0 Å². The van der Waals surface area contributed by atoms with E-state index in [1.807, 2.05) is 11.0 Å². The number of hydrogen-bond donors (Lipinski definition) is 2. The summed E-state index contributed by atoms with van der Waals surface area (Å²) in [4.78, 5) is 18.4. The molecule has 0 bridgehead atoms. The Morgan fingerprint density at radius 3 is 2.64 bits per heavy atom. The molecule has 1 heterocycles. The molecule has 1 aromatic carbocycles. The molecule has 0 spiro atoms. The molecule has 1 atom stereocenters. The second-order valence-corrected chi connectivity index (χ2v) is 6.50. The molecule has 5 nitrogen and oxygen atoms in total. The smallest absolute Gasteiger partial charge is 0.224 e. The van der Waals surface area contributed by atoms with Crippen LogP contribution in [-0.2, 0) is 11.2 Å². The molecule has 2 rings (SSSR count). The minimum atomic E-state index is 0. The molecule has 1 aromatic rings. The Balaban J connectivity index is 0.00000312. The van der Waals surface area contributed by atoms with Gasteiger partial charge in [0.15, 0.2) is 5.96 Å². The van der Waals surface area contributed by atoms with Gasteiger partial charge in [0.1, 0.15) is 0 Å². The number of nitrogens with zero attached hydrogens (tertiary/aromatic N) is 2. The number of carbonyl (C=O) groups excluding carboxylic acids is 1. The van der Waals surface area contributed by atoms with Gasteiger partial charge < -0.3 is 15.5 Å². The first kappa shape index (κ1) is 21.7. The zero-order valence-electron chi connectivity index (χ0n) is 15.3. The average Bonchev–Trinajstić information content (AvgIpc) is 2.61. The lowest BCUT2D eigenvalue weighted by molar-refractivity contribution is -0.132. The first-order valence-corrected chi connectivity index (χ1v) is 8.95. The number of likely N-dealkylation sites (tertiary alicyclic amines) is 1. The van der Waals surface area contributed by atoms with Crippen molar-refractivity contribution in [3.63, 3.8) is 0 Å². The Kier molecular flexibility index (Phi) is 10.5. The van der Waals surface area contributed by atoms with E-state index in [0.717, 1.165) is 38.4 Å². The lowest BCUT2D eigenvalue weighted by atomic mass is 10.00. The second-order valence-electron chi connectivity index (χ2n) is 6.50. The topological polar surface area (TPSA) is 56.7 Å². The first-order chi connectivity index (χ1) is 11.7. The Labute approximate surface area is 168 Å². The minimum Gasteiger partial charge on any atom is -0.356 e. The van der Waals surface area contributed by atoms with Crippen LogP contribution in [0.5, 0.6) is 0 Å². The third kappa shape index (κ3) is 8.07. The molecule has 0 aliphatic carbocycles. The molecule has 0 aromatic heterocycles. The van der Waals surface area contributed by atoms with Crippen molar-refractivity contribution >= 4 is 35.8 Å². The molecule has 6 heteroatoms. The number of aliphatic imine (C=N–C) groups is 1. The van der Waals surface area contributed by atoms with E-state index in [1.165, 1.54) is 12.0 Å². The maximum atomic E-state index is 12.2. The highest BCUT2D eigenvalue weighted by atomic mass is 127. The molecule has 1 amide bonds. The summed E-state index contributed by atoms with van der Waals surface area (Å²) in [7, 11) is 1.76.